The fourth-order valence-corrected chi connectivity index (χ4v) is 2.63. The second-order valence-electron chi connectivity index (χ2n) is 5.35. The maximum Gasteiger partial charge on any atom is 0.314 e. The van der Waals surface area contributed by atoms with Gasteiger partial charge < -0.3 is 15.5 Å². The van der Waals surface area contributed by atoms with Gasteiger partial charge in [-0.25, -0.2) is 4.79 Å². The highest BCUT2D eigenvalue weighted by atomic mass is 16.2. The lowest BCUT2D eigenvalue weighted by Crippen LogP contribution is -2.42. The zero-order valence-corrected chi connectivity index (χ0v) is 16.2. The summed E-state index contributed by atoms with van der Waals surface area (Å²) in [7, 11) is 0. The molecule has 3 amide bonds. The molecule has 138 valence electrons. The number of nitrogens with zero attached hydrogens (tertiary/aromatic N) is 2. The minimum Gasteiger partial charge on any atom is -0.351 e. The molecule has 0 spiro atoms. The van der Waals surface area contributed by atoms with Gasteiger partial charge in [-0.05, 0) is 31.6 Å². The van der Waals surface area contributed by atoms with E-state index in [0.717, 1.165) is 38.8 Å². The Kier molecular flexibility index (Phi) is 16.3. The molecule has 0 aromatic rings. The first-order valence-electron chi connectivity index (χ1n) is 9.40. The van der Waals surface area contributed by atoms with Gasteiger partial charge in [0, 0.05) is 32.6 Å². The number of nitrogens with two attached hydrogens (primary N) is 1. The molecule has 0 aromatic carbocycles. The predicted octanol–water partition coefficient (Wildman–Crippen LogP) is 3.87. The van der Waals surface area contributed by atoms with E-state index in [-0.39, 0.29) is 11.9 Å². The van der Waals surface area contributed by atoms with Crippen LogP contribution >= 0.6 is 0 Å². The largest absolute Gasteiger partial charge is 0.351 e. The molecule has 1 aliphatic rings. The van der Waals surface area contributed by atoms with Crippen molar-refractivity contribution in [3.05, 3.63) is 0 Å². The van der Waals surface area contributed by atoms with Gasteiger partial charge in [-0.3, -0.25) is 4.79 Å². The molecule has 0 aliphatic carbocycles. The molecular weight excluding hydrogens is 290 g/mol. The van der Waals surface area contributed by atoms with Gasteiger partial charge in [-0.2, -0.15) is 0 Å². The number of hydrogen-bond acceptors (Lipinski definition) is 2. The van der Waals surface area contributed by atoms with E-state index in [1.54, 1.807) is 4.90 Å². The second-order valence-corrected chi connectivity index (χ2v) is 5.35. The summed E-state index contributed by atoms with van der Waals surface area (Å²) >= 11 is 0. The minimum absolute atomic E-state index is 0.265. The summed E-state index contributed by atoms with van der Waals surface area (Å²) in [5.74, 6) is 0.667. The highest BCUT2D eigenvalue weighted by Crippen LogP contribution is 2.21. The van der Waals surface area contributed by atoms with Crippen molar-refractivity contribution in [2.45, 2.75) is 73.6 Å². The standard InChI is InChI=1S/C14H27N3O2.2C2H6/c1-3-7-16(8-4-2)13(18)11-12-5-9-17(10-6-12)14(15)19;2*1-2/h12H,3-11H2,1-2H3,(H2,15,19);2*1-2H3. The van der Waals surface area contributed by atoms with Crippen molar-refractivity contribution in [1.82, 2.24) is 9.80 Å². The Morgan fingerprint density at radius 3 is 1.78 bits per heavy atom. The highest BCUT2D eigenvalue weighted by Gasteiger charge is 2.24. The van der Waals surface area contributed by atoms with Crippen LogP contribution in [0.2, 0.25) is 0 Å². The molecular formula is C18H39N3O2. The zero-order valence-electron chi connectivity index (χ0n) is 16.2. The fraction of sp³-hybridized carbons (Fsp3) is 0.889. The van der Waals surface area contributed by atoms with Crippen LogP contribution in [0.4, 0.5) is 4.79 Å². The van der Waals surface area contributed by atoms with E-state index in [4.69, 9.17) is 5.73 Å². The van der Waals surface area contributed by atoms with E-state index < -0.39 is 0 Å². The van der Waals surface area contributed by atoms with Crippen molar-refractivity contribution in [1.29, 1.82) is 0 Å². The Labute approximate surface area is 143 Å². The Bertz CT molecular complexity index is 295. The van der Waals surface area contributed by atoms with Gasteiger partial charge in [0.1, 0.15) is 0 Å². The van der Waals surface area contributed by atoms with Crippen LogP contribution in [0.5, 0.6) is 0 Å². The number of likely N-dealkylation sites (tertiary alicyclic amines) is 1. The lowest BCUT2D eigenvalue weighted by molar-refractivity contribution is -0.132. The summed E-state index contributed by atoms with van der Waals surface area (Å²) in [6.07, 6.45) is 4.41. The molecule has 5 nitrogen and oxygen atoms in total. The summed E-state index contributed by atoms with van der Waals surface area (Å²) < 4.78 is 0. The number of urea groups is 1. The van der Waals surface area contributed by atoms with E-state index in [1.807, 2.05) is 32.6 Å². The maximum absolute atomic E-state index is 12.2. The van der Waals surface area contributed by atoms with Crippen molar-refractivity contribution in [3.8, 4) is 0 Å². The molecule has 0 bridgehead atoms. The molecule has 0 aromatic heterocycles. The van der Waals surface area contributed by atoms with Crippen molar-refractivity contribution >= 4 is 11.9 Å². The average molecular weight is 330 g/mol. The number of primary amides is 1. The van der Waals surface area contributed by atoms with Gasteiger partial charge >= 0.3 is 6.03 Å². The number of carbonyl (C=O) groups is 2. The van der Waals surface area contributed by atoms with E-state index >= 15 is 0 Å². The topological polar surface area (TPSA) is 66.6 Å². The number of amides is 3. The third kappa shape index (κ3) is 10.2. The van der Waals surface area contributed by atoms with Crippen LogP contribution in [0.25, 0.3) is 0 Å². The second kappa shape index (κ2) is 15.6. The van der Waals surface area contributed by atoms with Crippen LogP contribution in [0.1, 0.15) is 73.6 Å². The molecule has 23 heavy (non-hydrogen) atoms. The molecule has 2 N–H and O–H groups in total. The summed E-state index contributed by atoms with van der Waals surface area (Å²) in [4.78, 5) is 26.9. The average Bonchev–Trinajstić information content (AvgIpc) is 2.58. The van der Waals surface area contributed by atoms with Crippen molar-refractivity contribution < 1.29 is 9.59 Å². The fourth-order valence-electron chi connectivity index (χ4n) is 2.63. The number of piperidine rings is 1. The van der Waals surface area contributed by atoms with Crippen molar-refractivity contribution in [2.75, 3.05) is 26.2 Å². The Morgan fingerprint density at radius 2 is 1.43 bits per heavy atom. The van der Waals surface area contributed by atoms with Gasteiger partial charge in [0.25, 0.3) is 0 Å². The molecule has 1 rings (SSSR count). The summed E-state index contributed by atoms with van der Waals surface area (Å²) in [6.45, 7) is 15.3. The summed E-state index contributed by atoms with van der Waals surface area (Å²) in [5, 5.41) is 0. The highest BCUT2D eigenvalue weighted by molar-refractivity contribution is 5.76. The smallest absolute Gasteiger partial charge is 0.314 e. The van der Waals surface area contributed by atoms with Crippen LogP contribution in [0.3, 0.4) is 0 Å². The monoisotopic (exact) mass is 329 g/mol. The Balaban J connectivity index is 0. The number of hydrogen-bond donors (Lipinski definition) is 1. The van der Waals surface area contributed by atoms with E-state index in [0.29, 0.717) is 25.4 Å². The molecule has 1 saturated heterocycles. The number of rotatable bonds is 6. The van der Waals surface area contributed by atoms with Crippen molar-refractivity contribution in [2.24, 2.45) is 11.7 Å². The SMILES string of the molecule is CC.CC.CCCN(CCC)C(=O)CC1CCN(C(N)=O)CC1. The maximum atomic E-state index is 12.2. The molecule has 0 saturated carbocycles. The first-order chi connectivity index (χ1) is 11.1. The molecule has 1 fully saturated rings. The summed E-state index contributed by atoms with van der Waals surface area (Å²) in [5.41, 5.74) is 5.25. The van der Waals surface area contributed by atoms with Crippen LogP contribution in [-0.4, -0.2) is 47.9 Å². The van der Waals surface area contributed by atoms with Gasteiger partial charge in [-0.1, -0.05) is 41.5 Å². The van der Waals surface area contributed by atoms with Gasteiger partial charge in [-0.15, -0.1) is 0 Å². The molecule has 5 heteroatoms. The summed E-state index contributed by atoms with van der Waals surface area (Å²) in [6, 6.07) is -0.344. The van der Waals surface area contributed by atoms with Gasteiger partial charge in [0.05, 0.1) is 0 Å². The van der Waals surface area contributed by atoms with Crippen LogP contribution in [0.15, 0.2) is 0 Å². The quantitative estimate of drug-likeness (QED) is 0.804. The van der Waals surface area contributed by atoms with Crippen molar-refractivity contribution in [3.63, 3.8) is 0 Å². The third-order valence-electron chi connectivity index (χ3n) is 3.73. The molecule has 1 aliphatic heterocycles. The molecule has 0 unspecified atom stereocenters. The predicted molar refractivity (Wildman–Crippen MR) is 98.4 cm³/mol. The van der Waals surface area contributed by atoms with Crippen LogP contribution in [-0.2, 0) is 4.79 Å². The zero-order chi connectivity index (χ0) is 18.3. The van der Waals surface area contributed by atoms with Gasteiger partial charge in [0.2, 0.25) is 5.91 Å². The van der Waals surface area contributed by atoms with E-state index in [1.165, 1.54) is 0 Å². The molecule has 0 atom stereocenters. The normalized spacial score (nSPS) is 14.1. The lowest BCUT2D eigenvalue weighted by Gasteiger charge is -2.31. The minimum atomic E-state index is -0.344. The third-order valence-corrected chi connectivity index (χ3v) is 3.73. The number of carbonyl (C=O) groups excluding carboxylic acids is 2. The van der Waals surface area contributed by atoms with Crippen LogP contribution < -0.4 is 5.73 Å². The lowest BCUT2D eigenvalue weighted by atomic mass is 9.93. The first kappa shape index (κ1) is 24.0. The molecule has 1 heterocycles. The Hall–Kier alpha value is -1.26. The Morgan fingerprint density at radius 1 is 1.00 bits per heavy atom. The van der Waals surface area contributed by atoms with Crippen LogP contribution in [0, 0.1) is 5.92 Å². The first-order valence-corrected chi connectivity index (χ1v) is 9.40. The molecule has 0 radical (unpaired) electrons. The van der Waals surface area contributed by atoms with Gasteiger partial charge in [0.15, 0.2) is 0 Å². The van der Waals surface area contributed by atoms with E-state index in [9.17, 15) is 9.59 Å². The van der Waals surface area contributed by atoms with E-state index in [2.05, 4.69) is 13.8 Å².